The summed E-state index contributed by atoms with van der Waals surface area (Å²) in [4.78, 5) is 26.3. The van der Waals surface area contributed by atoms with Crippen LogP contribution in [0.3, 0.4) is 0 Å². The van der Waals surface area contributed by atoms with Crippen LogP contribution in [0.25, 0.3) is 6.08 Å². The van der Waals surface area contributed by atoms with Crippen LogP contribution in [0.2, 0.25) is 0 Å². The van der Waals surface area contributed by atoms with Gasteiger partial charge in [0.1, 0.15) is 11.4 Å². The number of carboxylic acids is 1. The van der Waals surface area contributed by atoms with E-state index in [0.717, 1.165) is 4.90 Å². The van der Waals surface area contributed by atoms with Crippen molar-refractivity contribution in [3.8, 4) is 5.75 Å². The van der Waals surface area contributed by atoms with Crippen LogP contribution in [0.4, 0.5) is 5.69 Å². The van der Waals surface area contributed by atoms with Crippen LogP contribution in [0.15, 0.2) is 59.1 Å². The Balaban J connectivity index is 2.06. The molecular weight excluding hydrogens is 326 g/mol. The van der Waals surface area contributed by atoms with Crippen molar-refractivity contribution in [1.29, 1.82) is 0 Å². The SMILES string of the molecule is COc1ccc(/C=C(/C(=O)O)N2C(=O)CSc3ccccc32)cc1. The van der Waals surface area contributed by atoms with Crippen LogP contribution in [0.5, 0.6) is 5.75 Å². The highest BCUT2D eigenvalue weighted by molar-refractivity contribution is 8.00. The predicted molar refractivity (Wildman–Crippen MR) is 93.3 cm³/mol. The van der Waals surface area contributed by atoms with E-state index in [4.69, 9.17) is 4.74 Å². The maximum atomic E-state index is 12.4. The topological polar surface area (TPSA) is 66.8 Å². The molecule has 1 aliphatic heterocycles. The molecule has 6 heteroatoms. The molecule has 0 radical (unpaired) electrons. The van der Waals surface area contributed by atoms with E-state index < -0.39 is 5.97 Å². The summed E-state index contributed by atoms with van der Waals surface area (Å²) < 4.78 is 5.10. The Morgan fingerprint density at radius 2 is 1.92 bits per heavy atom. The van der Waals surface area contributed by atoms with E-state index in [2.05, 4.69) is 0 Å². The van der Waals surface area contributed by atoms with E-state index in [1.165, 1.54) is 22.7 Å². The minimum absolute atomic E-state index is 0.0714. The Kier molecular flexibility index (Phi) is 4.57. The Bertz CT molecular complexity index is 814. The van der Waals surface area contributed by atoms with Gasteiger partial charge in [-0.25, -0.2) is 4.79 Å². The highest BCUT2D eigenvalue weighted by atomic mass is 32.2. The van der Waals surface area contributed by atoms with Gasteiger partial charge in [-0.15, -0.1) is 11.8 Å². The Labute approximate surface area is 143 Å². The fourth-order valence-corrected chi connectivity index (χ4v) is 3.34. The van der Waals surface area contributed by atoms with Crippen molar-refractivity contribution in [3.05, 3.63) is 59.8 Å². The molecule has 0 aliphatic carbocycles. The smallest absolute Gasteiger partial charge is 0.352 e. The first-order valence-corrected chi connectivity index (χ1v) is 8.22. The van der Waals surface area contributed by atoms with E-state index in [9.17, 15) is 14.7 Å². The fraction of sp³-hybridized carbons (Fsp3) is 0.111. The minimum Gasteiger partial charge on any atom is -0.497 e. The number of hydrogen-bond donors (Lipinski definition) is 1. The number of ether oxygens (including phenoxy) is 1. The summed E-state index contributed by atoms with van der Waals surface area (Å²) in [5, 5.41) is 9.64. The van der Waals surface area contributed by atoms with Crippen molar-refractivity contribution in [2.45, 2.75) is 4.90 Å². The van der Waals surface area contributed by atoms with Crippen molar-refractivity contribution in [1.82, 2.24) is 0 Å². The molecule has 2 aromatic rings. The van der Waals surface area contributed by atoms with Gasteiger partial charge in [-0.3, -0.25) is 9.69 Å². The number of nitrogens with zero attached hydrogens (tertiary/aromatic N) is 1. The number of methoxy groups -OCH3 is 1. The summed E-state index contributed by atoms with van der Waals surface area (Å²) in [5.41, 5.74) is 1.20. The number of carbonyl (C=O) groups excluding carboxylic acids is 1. The minimum atomic E-state index is -1.15. The van der Waals surface area contributed by atoms with E-state index in [0.29, 0.717) is 17.0 Å². The average Bonchev–Trinajstić information content (AvgIpc) is 2.60. The largest absolute Gasteiger partial charge is 0.497 e. The summed E-state index contributed by atoms with van der Waals surface area (Å²) >= 11 is 1.41. The first kappa shape index (κ1) is 16.1. The molecule has 0 saturated heterocycles. The molecule has 1 heterocycles. The monoisotopic (exact) mass is 341 g/mol. The maximum Gasteiger partial charge on any atom is 0.352 e. The van der Waals surface area contributed by atoms with Gasteiger partial charge in [-0.05, 0) is 35.9 Å². The van der Waals surface area contributed by atoms with Crippen molar-refractivity contribution in [2.24, 2.45) is 0 Å². The molecule has 122 valence electrons. The number of anilines is 1. The predicted octanol–water partition coefficient (Wildman–Crippen LogP) is 3.26. The first-order valence-electron chi connectivity index (χ1n) is 7.24. The zero-order chi connectivity index (χ0) is 17.1. The lowest BCUT2D eigenvalue weighted by Crippen LogP contribution is -2.37. The highest BCUT2D eigenvalue weighted by Gasteiger charge is 2.30. The molecule has 0 fully saturated rings. The summed E-state index contributed by atoms with van der Waals surface area (Å²) in [6.07, 6.45) is 1.49. The number of hydrogen-bond acceptors (Lipinski definition) is 4. The van der Waals surface area contributed by atoms with E-state index in [-0.39, 0.29) is 17.4 Å². The van der Waals surface area contributed by atoms with E-state index in [1.54, 1.807) is 43.5 Å². The lowest BCUT2D eigenvalue weighted by Gasteiger charge is -2.29. The number of rotatable bonds is 4. The summed E-state index contributed by atoms with van der Waals surface area (Å²) in [6.45, 7) is 0. The summed E-state index contributed by atoms with van der Waals surface area (Å²) in [6, 6.07) is 14.3. The van der Waals surface area contributed by atoms with Crippen LogP contribution < -0.4 is 9.64 Å². The number of benzene rings is 2. The van der Waals surface area contributed by atoms with Gasteiger partial charge in [0.15, 0.2) is 0 Å². The van der Waals surface area contributed by atoms with Crippen LogP contribution in [-0.2, 0) is 9.59 Å². The molecule has 0 bridgehead atoms. The Hall–Kier alpha value is -2.73. The molecule has 0 aromatic heterocycles. The van der Waals surface area contributed by atoms with Crippen LogP contribution in [0.1, 0.15) is 5.56 Å². The van der Waals surface area contributed by atoms with Gasteiger partial charge in [0.05, 0.1) is 18.6 Å². The molecule has 24 heavy (non-hydrogen) atoms. The van der Waals surface area contributed by atoms with Gasteiger partial charge < -0.3 is 9.84 Å². The molecule has 1 aliphatic rings. The third kappa shape index (κ3) is 3.14. The third-order valence-corrected chi connectivity index (χ3v) is 4.63. The van der Waals surface area contributed by atoms with E-state index >= 15 is 0 Å². The third-order valence-electron chi connectivity index (χ3n) is 3.59. The normalized spacial score (nSPS) is 14.3. The second kappa shape index (κ2) is 6.80. The molecule has 1 amide bonds. The molecule has 0 spiro atoms. The fourth-order valence-electron chi connectivity index (χ4n) is 2.45. The average molecular weight is 341 g/mol. The van der Waals surface area contributed by atoms with E-state index in [1.807, 2.05) is 12.1 Å². The van der Waals surface area contributed by atoms with Gasteiger partial charge >= 0.3 is 5.97 Å². The number of amides is 1. The summed E-state index contributed by atoms with van der Waals surface area (Å²) in [7, 11) is 1.56. The van der Waals surface area contributed by atoms with Gasteiger partial charge in [0.25, 0.3) is 0 Å². The second-order valence-corrected chi connectivity index (χ2v) is 6.11. The second-order valence-electron chi connectivity index (χ2n) is 5.09. The number of para-hydroxylation sites is 1. The number of carboxylic acid groups (broad SMARTS) is 1. The van der Waals surface area contributed by atoms with Gasteiger partial charge in [0, 0.05) is 4.90 Å². The van der Waals surface area contributed by atoms with Gasteiger partial charge in [-0.2, -0.15) is 0 Å². The van der Waals surface area contributed by atoms with Gasteiger partial charge in [0.2, 0.25) is 5.91 Å². The molecule has 5 nitrogen and oxygen atoms in total. The number of thioether (sulfide) groups is 1. The highest BCUT2D eigenvalue weighted by Crippen LogP contribution is 2.37. The van der Waals surface area contributed by atoms with Gasteiger partial charge in [-0.1, -0.05) is 24.3 Å². The number of fused-ring (bicyclic) bond motifs is 1. The first-order chi connectivity index (χ1) is 11.6. The van der Waals surface area contributed by atoms with Crippen molar-refractivity contribution in [2.75, 3.05) is 17.8 Å². The number of aliphatic carboxylic acids is 1. The number of carbonyl (C=O) groups is 2. The Morgan fingerprint density at radius 3 is 2.58 bits per heavy atom. The molecule has 3 rings (SSSR count). The Morgan fingerprint density at radius 1 is 1.21 bits per heavy atom. The van der Waals surface area contributed by atoms with Crippen LogP contribution >= 0.6 is 11.8 Å². The molecule has 2 aromatic carbocycles. The maximum absolute atomic E-state index is 12.4. The molecule has 0 atom stereocenters. The van der Waals surface area contributed by atoms with Crippen LogP contribution in [0, 0.1) is 0 Å². The zero-order valence-electron chi connectivity index (χ0n) is 12.9. The van der Waals surface area contributed by atoms with Crippen LogP contribution in [-0.4, -0.2) is 29.8 Å². The lowest BCUT2D eigenvalue weighted by atomic mass is 10.1. The molecule has 0 saturated carbocycles. The van der Waals surface area contributed by atoms with Crippen molar-refractivity contribution >= 4 is 35.4 Å². The summed E-state index contributed by atoms with van der Waals surface area (Å²) in [5.74, 6) is -0.508. The molecule has 1 N–H and O–H groups in total. The molecular formula is C18H15NO4S. The molecule has 0 unspecified atom stereocenters. The van der Waals surface area contributed by atoms with Crippen molar-refractivity contribution < 1.29 is 19.4 Å². The quantitative estimate of drug-likeness (QED) is 0.865. The lowest BCUT2D eigenvalue weighted by molar-refractivity contribution is -0.133. The van der Waals surface area contributed by atoms with Crippen molar-refractivity contribution in [3.63, 3.8) is 0 Å². The standard InChI is InChI=1S/C18H15NO4S/c1-23-13-8-6-12(7-9-13)10-15(18(21)22)19-14-4-2-3-5-16(14)24-11-17(19)20/h2-10H,11H2,1H3,(H,21,22)/b15-10-. The zero-order valence-corrected chi connectivity index (χ0v) is 13.7.